The van der Waals surface area contributed by atoms with Crippen LogP contribution >= 0.6 is 11.3 Å². The molecule has 5 heteroatoms. The molecule has 0 fully saturated rings. The van der Waals surface area contributed by atoms with Crippen LogP contribution in [0.2, 0.25) is 0 Å². The van der Waals surface area contributed by atoms with Crippen LogP contribution in [-0.2, 0) is 11.8 Å². The number of hydrogen-bond acceptors (Lipinski definition) is 4. The van der Waals surface area contributed by atoms with E-state index >= 15 is 0 Å². The van der Waals surface area contributed by atoms with Crippen molar-refractivity contribution >= 4 is 11.3 Å². The van der Waals surface area contributed by atoms with Gasteiger partial charge in [-0.25, -0.2) is 9.97 Å². The summed E-state index contributed by atoms with van der Waals surface area (Å²) in [7, 11) is 0. The smallest absolute Gasteiger partial charge is 0.123 e. The Hall–Kier alpha value is -1.20. The highest BCUT2D eigenvalue weighted by Crippen LogP contribution is 2.26. The van der Waals surface area contributed by atoms with E-state index in [2.05, 4.69) is 48.4 Å². The summed E-state index contributed by atoms with van der Waals surface area (Å²) in [6.07, 6.45) is 5.67. The average molecular weight is 292 g/mol. The van der Waals surface area contributed by atoms with Gasteiger partial charge in [0, 0.05) is 29.6 Å². The summed E-state index contributed by atoms with van der Waals surface area (Å²) in [5.41, 5.74) is 1.29. The molecule has 2 aromatic rings. The lowest BCUT2D eigenvalue weighted by atomic mass is 9.93. The van der Waals surface area contributed by atoms with Crippen LogP contribution in [0.3, 0.4) is 0 Å². The Labute approximate surface area is 125 Å². The van der Waals surface area contributed by atoms with E-state index in [0.717, 1.165) is 25.2 Å². The van der Waals surface area contributed by atoms with Gasteiger partial charge in [-0.1, -0.05) is 27.7 Å². The lowest BCUT2D eigenvalue weighted by Gasteiger charge is -2.16. The molecule has 0 bridgehead atoms. The third kappa shape index (κ3) is 3.90. The number of rotatable bonds is 6. The van der Waals surface area contributed by atoms with E-state index in [1.807, 2.05) is 6.20 Å². The van der Waals surface area contributed by atoms with Crippen LogP contribution in [0.5, 0.6) is 0 Å². The quantitative estimate of drug-likeness (QED) is 0.857. The standard InChI is InChI=1S/C15H24N4S/c1-5-6-16-11(14-17-7-8-18-14)9-13-19-12(10-20-13)15(2,3)4/h7-8,10-11,16H,5-6,9H2,1-4H3,(H,17,18). The second-order valence-electron chi connectivity index (χ2n) is 6.06. The number of hydrogen-bond donors (Lipinski definition) is 2. The van der Waals surface area contributed by atoms with E-state index in [0.29, 0.717) is 0 Å². The zero-order valence-electron chi connectivity index (χ0n) is 12.7. The third-order valence-corrected chi connectivity index (χ3v) is 4.06. The lowest BCUT2D eigenvalue weighted by molar-refractivity contribution is 0.504. The van der Waals surface area contributed by atoms with Crippen LogP contribution in [0, 0.1) is 0 Å². The SMILES string of the molecule is CCCNC(Cc1nc(C(C)(C)C)cs1)c1ncc[nH]1. The van der Waals surface area contributed by atoms with Gasteiger partial charge < -0.3 is 10.3 Å². The Morgan fingerprint density at radius 2 is 2.20 bits per heavy atom. The number of H-pyrrole nitrogens is 1. The molecule has 0 aliphatic heterocycles. The Kier molecular flexibility index (Phi) is 4.94. The number of aromatic nitrogens is 3. The highest BCUT2D eigenvalue weighted by molar-refractivity contribution is 7.09. The van der Waals surface area contributed by atoms with Crippen LogP contribution in [0.1, 0.15) is 56.7 Å². The topological polar surface area (TPSA) is 53.6 Å². The first kappa shape index (κ1) is 15.2. The van der Waals surface area contributed by atoms with Crippen molar-refractivity contribution in [1.29, 1.82) is 0 Å². The van der Waals surface area contributed by atoms with Gasteiger partial charge in [0.1, 0.15) is 5.82 Å². The van der Waals surface area contributed by atoms with Crippen molar-refractivity contribution in [3.05, 3.63) is 34.3 Å². The van der Waals surface area contributed by atoms with Gasteiger partial charge in [-0.15, -0.1) is 11.3 Å². The maximum absolute atomic E-state index is 4.78. The molecule has 0 saturated heterocycles. The van der Waals surface area contributed by atoms with E-state index < -0.39 is 0 Å². The van der Waals surface area contributed by atoms with Crippen LogP contribution in [0.4, 0.5) is 0 Å². The molecule has 0 amide bonds. The molecule has 0 aliphatic rings. The van der Waals surface area contributed by atoms with Gasteiger partial charge in [-0.05, 0) is 13.0 Å². The molecular formula is C15H24N4S. The normalized spacial score (nSPS) is 13.6. The predicted molar refractivity (Wildman–Crippen MR) is 84.1 cm³/mol. The van der Waals surface area contributed by atoms with Gasteiger partial charge in [-0.3, -0.25) is 0 Å². The van der Waals surface area contributed by atoms with Gasteiger partial charge in [-0.2, -0.15) is 0 Å². The van der Waals surface area contributed by atoms with Crippen molar-refractivity contribution in [2.24, 2.45) is 0 Å². The van der Waals surface area contributed by atoms with Crippen molar-refractivity contribution in [2.75, 3.05) is 6.54 Å². The molecule has 0 spiro atoms. The third-order valence-electron chi connectivity index (χ3n) is 3.19. The summed E-state index contributed by atoms with van der Waals surface area (Å²) in [5.74, 6) is 0.992. The molecule has 20 heavy (non-hydrogen) atoms. The molecule has 1 unspecified atom stereocenters. The van der Waals surface area contributed by atoms with E-state index in [-0.39, 0.29) is 11.5 Å². The molecule has 110 valence electrons. The fourth-order valence-electron chi connectivity index (χ4n) is 1.98. The number of thiazole rings is 1. The molecular weight excluding hydrogens is 268 g/mol. The average Bonchev–Trinajstić information content (AvgIpc) is 3.04. The minimum absolute atomic E-state index is 0.117. The fourth-order valence-corrected chi connectivity index (χ4v) is 3.04. The van der Waals surface area contributed by atoms with Crippen LogP contribution < -0.4 is 5.32 Å². The minimum atomic E-state index is 0.117. The number of nitrogens with one attached hydrogen (secondary N) is 2. The molecule has 0 saturated carbocycles. The molecule has 0 aromatic carbocycles. The van der Waals surface area contributed by atoms with Crippen molar-refractivity contribution < 1.29 is 0 Å². The monoisotopic (exact) mass is 292 g/mol. The summed E-state index contributed by atoms with van der Waals surface area (Å²) >= 11 is 1.74. The van der Waals surface area contributed by atoms with Gasteiger partial charge in [0.2, 0.25) is 0 Å². The summed E-state index contributed by atoms with van der Waals surface area (Å²) in [6, 6.07) is 0.212. The Morgan fingerprint density at radius 3 is 2.75 bits per heavy atom. The van der Waals surface area contributed by atoms with Crippen molar-refractivity contribution in [3.8, 4) is 0 Å². The highest BCUT2D eigenvalue weighted by atomic mass is 32.1. The maximum atomic E-state index is 4.78. The molecule has 0 aliphatic carbocycles. The first-order valence-electron chi connectivity index (χ1n) is 7.18. The molecule has 4 nitrogen and oxygen atoms in total. The first-order chi connectivity index (χ1) is 9.50. The summed E-state index contributed by atoms with van der Waals surface area (Å²) in [5, 5.41) is 6.88. The van der Waals surface area contributed by atoms with Crippen LogP contribution in [-0.4, -0.2) is 21.5 Å². The van der Waals surface area contributed by atoms with E-state index in [1.165, 1.54) is 10.7 Å². The molecule has 2 aromatic heterocycles. The first-order valence-corrected chi connectivity index (χ1v) is 8.06. The minimum Gasteiger partial charge on any atom is -0.347 e. The van der Waals surface area contributed by atoms with E-state index in [9.17, 15) is 0 Å². The van der Waals surface area contributed by atoms with Gasteiger partial charge in [0.25, 0.3) is 0 Å². The number of aromatic amines is 1. The molecule has 0 radical (unpaired) electrons. The van der Waals surface area contributed by atoms with E-state index in [4.69, 9.17) is 4.98 Å². The summed E-state index contributed by atoms with van der Waals surface area (Å²) in [4.78, 5) is 12.4. The Morgan fingerprint density at radius 1 is 1.40 bits per heavy atom. The Balaban J connectivity index is 2.09. The highest BCUT2D eigenvalue weighted by Gasteiger charge is 2.20. The van der Waals surface area contributed by atoms with Crippen molar-refractivity contribution in [3.63, 3.8) is 0 Å². The molecule has 1 atom stereocenters. The summed E-state index contributed by atoms with van der Waals surface area (Å²) < 4.78 is 0. The molecule has 2 heterocycles. The van der Waals surface area contributed by atoms with Crippen molar-refractivity contribution in [2.45, 2.75) is 52.0 Å². The molecule has 2 rings (SSSR count). The lowest BCUT2D eigenvalue weighted by Crippen LogP contribution is -2.25. The van der Waals surface area contributed by atoms with Crippen LogP contribution in [0.25, 0.3) is 0 Å². The van der Waals surface area contributed by atoms with Gasteiger partial charge >= 0.3 is 0 Å². The van der Waals surface area contributed by atoms with Crippen LogP contribution in [0.15, 0.2) is 17.8 Å². The molecule has 2 N–H and O–H groups in total. The second kappa shape index (κ2) is 6.50. The fraction of sp³-hybridized carbons (Fsp3) is 0.600. The Bertz CT molecular complexity index is 510. The second-order valence-corrected chi connectivity index (χ2v) is 7.00. The summed E-state index contributed by atoms with van der Waals surface area (Å²) in [6.45, 7) is 9.76. The largest absolute Gasteiger partial charge is 0.347 e. The van der Waals surface area contributed by atoms with Gasteiger partial charge in [0.05, 0.1) is 16.7 Å². The zero-order valence-corrected chi connectivity index (χ0v) is 13.5. The number of imidazole rings is 1. The van der Waals surface area contributed by atoms with Crippen molar-refractivity contribution in [1.82, 2.24) is 20.3 Å². The number of nitrogens with zero attached hydrogens (tertiary/aromatic N) is 2. The van der Waals surface area contributed by atoms with Gasteiger partial charge in [0.15, 0.2) is 0 Å². The predicted octanol–water partition coefficient (Wildman–Crippen LogP) is 3.45. The maximum Gasteiger partial charge on any atom is 0.123 e. The zero-order chi connectivity index (χ0) is 14.6. The van der Waals surface area contributed by atoms with E-state index in [1.54, 1.807) is 17.5 Å².